The van der Waals surface area contributed by atoms with Gasteiger partial charge in [0.15, 0.2) is 0 Å². The molecule has 0 saturated carbocycles. The number of esters is 1. The van der Waals surface area contributed by atoms with Gasteiger partial charge >= 0.3 is 5.97 Å². The largest absolute Gasteiger partial charge is 0.496 e. The molecule has 0 spiro atoms. The van der Waals surface area contributed by atoms with E-state index in [2.05, 4.69) is 78.2 Å². The lowest BCUT2D eigenvalue weighted by atomic mass is 9.81. The number of thiophene rings is 1. The fraction of sp³-hybridized carbons (Fsp3) is 0.542. The molecule has 0 aliphatic rings. The molecule has 29 heavy (non-hydrogen) atoms. The minimum absolute atomic E-state index is 0.131. The second-order valence-corrected chi connectivity index (χ2v) is 16.2. The van der Waals surface area contributed by atoms with Crippen molar-refractivity contribution >= 4 is 29.9 Å². The van der Waals surface area contributed by atoms with Gasteiger partial charge in [-0.3, -0.25) is 4.79 Å². The van der Waals surface area contributed by atoms with Crippen LogP contribution in [0.1, 0.15) is 66.0 Å². The fourth-order valence-electron chi connectivity index (χ4n) is 3.12. The predicted molar refractivity (Wildman–Crippen MR) is 127 cm³/mol. The Hall–Kier alpha value is -1.59. The highest BCUT2D eigenvalue weighted by molar-refractivity contribution is 7.25. The van der Waals surface area contributed by atoms with Crippen LogP contribution in [0.25, 0.3) is 0 Å². The molecule has 0 aliphatic carbocycles. The second kappa shape index (κ2) is 8.64. The highest BCUT2D eigenvalue weighted by Crippen LogP contribution is 2.41. The van der Waals surface area contributed by atoms with Crippen LogP contribution in [0.3, 0.4) is 0 Å². The van der Waals surface area contributed by atoms with E-state index < -0.39 is 8.07 Å². The van der Waals surface area contributed by atoms with E-state index in [9.17, 15) is 4.79 Å². The first kappa shape index (κ1) is 23.7. The van der Waals surface area contributed by atoms with E-state index in [0.717, 1.165) is 16.9 Å². The van der Waals surface area contributed by atoms with Gasteiger partial charge in [0.05, 0.1) is 6.23 Å². The summed E-state index contributed by atoms with van der Waals surface area (Å²) in [6, 6.07) is 8.45. The standard InChI is InChI=1S/C24H36O3SSi/c1-10-21(25)27-20-15-17(23(2,3)4)19(14-18(20)24(5,6)7)26-16-29(8,9)22-12-11-13-28-22/h11-15H,10,16H2,1-9H3. The van der Waals surface area contributed by atoms with E-state index in [1.807, 2.05) is 24.3 Å². The third-order valence-corrected chi connectivity index (χ3v) is 10.0. The number of hydrogen-bond donors (Lipinski definition) is 0. The monoisotopic (exact) mass is 432 g/mol. The summed E-state index contributed by atoms with van der Waals surface area (Å²) >= 11 is 1.82. The van der Waals surface area contributed by atoms with Crippen molar-refractivity contribution in [1.29, 1.82) is 0 Å². The number of ether oxygens (including phenoxy) is 2. The van der Waals surface area contributed by atoms with Gasteiger partial charge < -0.3 is 9.47 Å². The molecule has 5 heteroatoms. The molecule has 0 fully saturated rings. The van der Waals surface area contributed by atoms with Crippen molar-refractivity contribution in [2.75, 3.05) is 6.23 Å². The number of benzene rings is 1. The Morgan fingerprint density at radius 2 is 1.55 bits per heavy atom. The van der Waals surface area contributed by atoms with Crippen LogP contribution in [-0.4, -0.2) is 20.3 Å². The zero-order valence-electron chi connectivity index (χ0n) is 19.4. The van der Waals surface area contributed by atoms with E-state index >= 15 is 0 Å². The topological polar surface area (TPSA) is 35.5 Å². The maximum atomic E-state index is 12.0. The molecule has 1 aromatic heterocycles. The van der Waals surface area contributed by atoms with Crippen LogP contribution in [0.15, 0.2) is 29.6 Å². The Kier molecular flexibility index (Phi) is 7.06. The van der Waals surface area contributed by atoms with Crippen LogP contribution in [0.4, 0.5) is 0 Å². The van der Waals surface area contributed by atoms with Gasteiger partial charge in [0, 0.05) is 17.5 Å². The van der Waals surface area contributed by atoms with Crippen molar-refractivity contribution in [1.82, 2.24) is 0 Å². The Morgan fingerprint density at radius 1 is 1.00 bits per heavy atom. The molecule has 0 N–H and O–H groups in total. The van der Waals surface area contributed by atoms with E-state index in [-0.39, 0.29) is 16.8 Å². The van der Waals surface area contributed by atoms with Crippen LogP contribution < -0.4 is 14.0 Å². The number of carbonyl (C=O) groups is 1. The van der Waals surface area contributed by atoms with Crippen LogP contribution >= 0.6 is 11.3 Å². The molecule has 0 saturated heterocycles. The third kappa shape index (κ3) is 5.95. The summed E-state index contributed by atoms with van der Waals surface area (Å²) in [6.07, 6.45) is 1.07. The smallest absolute Gasteiger partial charge is 0.310 e. The third-order valence-electron chi connectivity index (χ3n) is 4.99. The Morgan fingerprint density at radius 3 is 2.03 bits per heavy atom. The lowest BCUT2D eigenvalue weighted by molar-refractivity contribution is -0.134. The van der Waals surface area contributed by atoms with Crippen molar-refractivity contribution in [2.45, 2.75) is 78.8 Å². The molecule has 2 aromatic rings. The normalized spacial score (nSPS) is 12.7. The highest BCUT2D eigenvalue weighted by atomic mass is 32.1. The van der Waals surface area contributed by atoms with E-state index in [1.165, 1.54) is 4.50 Å². The van der Waals surface area contributed by atoms with Crippen LogP contribution in [-0.2, 0) is 15.6 Å². The Labute approximate surface area is 181 Å². The average molecular weight is 433 g/mol. The van der Waals surface area contributed by atoms with Gasteiger partial charge in [0.1, 0.15) is 19.6 Å². The lowest BCUT2D eigenvalue weighted by Gasteiger charge is -2.30. The molecule has 2 rings (SSSR count). The number of carbonyl (C=O) groups excluding carboxylic acids is 1. The summed E-state index contributed by atoms with van der Waals surface area (Å²) in [5.41, 5.74) is 1.77. The first-order valence-corrected chi connectivity index (χ1v) is 14.4. The minimum atomic E-state index is -1.69. The van der Waals surface area contributed by atoms with Crippen LogP contribution in [0, 0.1) is 0 Å². The summed E-state index contributed by atoms with van der Waals surface area (Å²) in [5, 5.41) is 2.14. The van der Waals surface area contributed by atoms with Gasteiger partial charge in [-0.1, -0.05) is 73.7 Å². The van der Waals surface area contributed by atoms with Crippen molar-refractivity contribution < 1.29 is 14.3 Å². The van der Waals surface area contributed by atoms with Crippen LogP contribution in [0.2, 0.25) is 13.1 Å². The van der Waals surface area contributed by atoms with Gasteiger partial charge in [-0.2, -0.15) is 11.3 Å². The summed E-state index contributed by atoms with van der Waals surface area (Å²) < 4.78 is 13.7. The van der Waals surface area contributed by atoms with Gasteiger partial charge in [0.25, 0.3) is 0 Å². The Bertz CT molecular complexity index is 840. The molecule has 0 aliphatic heterocycles. The molecule has 0 amide bonds. The Balaban J connectivity index is 2.50. The zero-order chi connectivity index (χ0) is 22.0. The average Bonchev–Trinajstić information content (AvgIpc) is 3.14. The van der Waals surface area contributed by atoms with Gasteiger partial charge in [0.2, 0.25) is 0 Å². The van der Waals surface area contributed by atoms with Crippen molar-refractivity contribution in [3.05, 3.63) is 40.8 Å². The SMILES string of the molecule is CCC(=O)Oc1cc(C(C)(C)C)c(OC[Si](C)(C)c2cccs2)cc1C(C)(C)C. The van der Waals surface area contributed by atoms with Gasteiger partial charge in [-0.25, -0.2) is 0 Å². The molecule has 1 heterocycles. The first-order valence-electron chi connectivity index (χ1n) is 10.3. The van der Waals surface area contributed by atoms with E-state index in [4.69, 9.17) is 9.47 Å². The van der Waals surface area contributed by atoms with Gasteiger partial charge in [-0.05, 0) is 32.8 Å². The molecule has 3 nitrogen and oxygen atoms in total. The van der Waals surface area contributed by atoms with Gasteiger partial charge in [-0.15, -0.1) is 0 Å². The first-order chi connectivity index (χ1) is 13.3. The molecular formula is C24H36O3SSi. The number of hydrogen-bond acceptors (Lipinski definition) is 4. The van der Waals surface area contributed by atoms with Crippen molar-refractivity contribution in [2.24, 2.45) is 0 Å². The van der Waals surface area contributed by atoms with E-state index in [1.54, 1.807) is 0 Å². The molecule has 0 unspecified atom stereocenters. The molecule has 0 bridgehead atoms. The maximum Gasteiger partial charge on any atom is 0.310 e. The predicted octanol–water partition coefficient (Wildman–Crippen LogP) is 6.19. The van der Waals surface area contributed by atoms with Crippen molar-refractivity contribution in [3.63, 3.8) is 0 Å². The minimum Gasteiger partial charge on any atom is -0.496 e. The number of rotatable bonds is 6. The van der Waals surface area contributed by atoms with Crippen LogP contribution in [0.5, 0.6) is 11.5 Å². The molecule has 1 aromatic carbocycles. The summed E-state index contributed by atoms with van der Waals surface area (Å²) in [4.78, 5) is 12.0. The van der Waals surface area contributed by atoms with E-state index in [0.29, 0.717) is 18.4 Å². The molecule has 0 radical (unpaired) electrons. The molecular weight excluding hydrogens is 396 g/mol. The molecule has 0 atom stereocenters. The quantitative estimate of drug-likeness (QED) is 0.310. The summed E-state index contributed by atoms with van der Waals surface area (Å²) in [7, 11) is -1.69. The fourth-order valence-corrected chi connectivity index (χ4v) is 6.45. The highest BCUT2D eigenvalue weighted by Gasteiger charge is 2.30. The second-order valence-electron chi connectivity index (χ2n) is 10.3. The lowest BCUT2D eigenvalue weighted by Crippen LogP contribution is -2.46. The zero-order valence-corrected chi connectivity index (χ0v) is 21.3. The maximum absolute atomic E-state index is 12.0. The summed E-state index contributed by atoms with van der Waals surface area (Å²) in [6.45, 7) is 19.4. The summed E-state index contributed by atoms with van der Waals surface area (Å²) in [5.74, 6) is 1.34. The van der Waals surface area contributed by atoms with Crippen molar-refractivity contribution in [3.8, 4) is 11.5 Å². The molecule has 160 valence electrons.